The largest absolute Gasteiger partial charge is 0.391 e. The van der Waals surface area contributed by atoms with E-state index in [9.17, 15) is 13.5 Å². The first-order valence-corrected chi connectivity index (χ1v) is 9.71. The number of hydrogen-bond acceptors (Lipinski definition) is 4. The topological polar surface area (TPSA) is 57.6 Å². The van der Waals surface area contributed by atoms with Crippen LogP contribution < -0.4 is 0 Å². The van der Waals surface area contributed by atoms with Crippen molar-refractivity contribution >= 4 is 25.8 Å². The second-order valence-electron chi connectivity index (χ2n) is 5.67. The molecule has 6 heteroatoms. The number of hydrogen-bond donors (Lipinski definition) is 1. The second-order valence-corrected chi connectivity index (χ2v) is 8.70. The van der Waals surface area contributed by atoms with Crippen LogP contribution in [0.3, 0.4) is 0 Å². The first kappa shape index (κ1) is 16.9. The highest BCUT2D eigenvalue weighted by atomic mass is 79.9. The summed E-state index contributed by atoms with van der Waals surface area (Å²) in [5, 5.41) is 10.0. The zero-order valence-corrected chi connectivity index (χ0v) is 14.6. The van der Waals surface area contributed by atoms with Crippen molar-refractivity contribution < 1.29 is 13.5 Å². The monoisotopic (exact) mass is 375 g/mol. The van der Waals surface area contributed by atoms with E-state index < -0.39 is 9.84 Å². The summed E-state index contributed by atoms with van der Waals surface area (Å²) in [5.41, 5.74) is 0. The van der Waals surface area contributed by atoms with E-state index in [2.05, 4.69) is 15.9 Å². The molecule has 0 saturated heterocycles. The van der Waals surface area contributed by atoms with Crippen LogP contribution in [-0.2, 0) is 9.84 Å². The van der Waals surface area contributed by atoms with Gasteiger partial charge in [0.05, 0.1) is 16.8 Å². The predicted molar refractivity (Wildman–Crippen MR) is 87.1 cm³/mol. The van der Waals surface area contributed by atoms with E-state index in [1.807, 2.05) is 11.9 Å². The van der Waals surface area contributed by atoms with Gasteiger partial charge < -0.3 is 5.11 Å². The van der Waals surface area contributed by atoms with Gasteiger partial charge >= 0.3 is 0 Å². The second kappa shape index (κ2) is 7.22. The normalized spacial score (nSPS) is 23.4. The molecule has 2 rings (SSSR count). The molecule has 0 radical (unpaired) electrons. The number of nitrogens with zero attached hydrogens (tertiary/aromatic N) is 1. The molecule has 0 heterocycles. The quantitative estimate of drug-likeness (QED) is 0.858. The Morgan fingerprint density at radius 2 is 1.86 bits per heavy atom. The molecule has 1 aliphatic carbocycles. The Morgan fingerprint density at radius 1 is 1.24 bits per heavy atom. The summed E-state index contributed by atoms with van der Waals surface area (Å²) < 4.78 is 25.5. The van der Waals surface area contributed by atoms with Crippen molar-refractivity contribution in [2.24, 2.45) is 0 Å². The van der Waals surface area contributed by atoms with Gasteiger partial charge in [-0.1, -0.05) is 28.8 Å². The van der Waals surface area contributed by atoms with Crippen molar-refractivity contribution in [1.29, 1.82) is 0 Å². The van der Waals surface area contributed by atoms with Gasteiger partial charge in [-0.15, -0.1) is 0 Å². The number of likely N-dealkylation sites (N-methyl/N-ethyl adjacent to an activating group) is 1. The molecule has 1 aliphatic rings. The van der Waals surface area contributed by atoms with Gasteiger partial charge in [-0.05, 0) is 44.2 Å². The van der Waals surface area contributed by atoms with Crippen molar-refractivity contribution in [1.82, 2.24) is 4.90 Å². The maximum atomic E-state index is 12.3. The predicted octanol–water partition coefficient (Wildman–Crippen LogP) is 2.46. The minimum Gasteiger partial charge on any atom is -0.391 e. The van der Waals surface area contributed by atoms with E-state index in [0.29, 0.717) is 11.4 Å². The van der Waals surface area contributed by atoms with Crippen LogP contribution in [0.2, 0.25) is 0 Å². The van der Waals surface area contributed by atoms with Crippen LogP contribution in [-0.4, -0.2) is 49.9 Å². The number of aliphatic hydroxyl groups excluding tert-OH is 1. The summed E-state index contributed by atoms with van der Waals surface area (Å²) in [7, 11) is -1.37. The van der Waals surface area contributed by atoms with E-state index >= 15 is 0 Å². The van der Waals surface area contributed by atoms with Gasteiger partial charge in [0.2, 0.25) is 0 Å². The molecular weight excluding hydrogens is 354 g/mol. The standard InChI is InChI=1S/C15H22BrNO3S/c1-17(14-4-2-3-5-15(14)18)10-11-21(19,20)13-8-6-12(16)7-9-13/h6-9,14-15,18H,2-5,10-11H2,1H3. The average Bonchev–Trinajstić information content (AvgIpc) is 2.46. The Hall–Kier alpha value is -0.430. The molecule has 0 bridgehead atoms. The van der Waals surface area contributed by atoms with Gasteiger partial charge in [0.25, 0.3) is 0 Å². The molecule has 118 valence electrons. The maximum Gasteiger partial charge on any atom is 0.179 e. The fraction of sp³-hybridized carbons (Fsp3) is 0.600. The van der Waals surface area contributed by atoms with E-state index in [-0.39, 0.29) is 17.9 Å². The minimum atomic E-state index is -3.27. The Balaban J connectivity index is 1.96. The summed E-state index contributed by atoms with van der Waals surface area (Å²) >= 11 is 3.30. The third-order valence-corrected chi connectivity index (χ3v) is 6.38. The Bertz CT molecular complexity index is 559. The lowest BCUT2D eigenvalue weighted by Gasteiger charge is -2.35. The van der Waals surface area contributed by atoms with Crippen LogP contribution in [0.4, 0.5) is 0 Å². The molecule has 4 nitrogen and oxygen atoms in total. The molecule has 21 heavy (non-hydrogen) atoms. The summed E-state index contributed by atoms with van der Waals surface area (Å²) in [4.78, 5) is 2.34. The molecule has 0 aliphatic heterocycles. The summed E-state index contributed by atoms with van der Waals surface area (Å²) in [5.74, 6) is 0.0777. The van der Waals surface area contributed by atoms with Gasteiger partial charge in [-0.2, -0.15) is 0 Å². The summed E-state index contributed by atoms with van der Waals surface area (Å²) in [6.07, 6.45) is 3.58. The van der Waals surface area contributed by atoms with Gasteiger partial charge in [-0.3, -0.25) is 4.90 Å². The lowest BCUT2D eigenvalue weighted by Crippen LogP contribution is -2.45. The first-order valence-electron chi connectivity index (χ1n) is 7.27. The zero-order valence-electron chi connectivity index (χ0n) is 12.2. The average molecular weight is 376 g/mol. The molecule has 1 saturated carbocycles. The molecule has 2 unspecified atom stereocenters. The van der Waals surface area contributed by atoms with Crippen molar-refractivity contribution in [3.63, 3.8) is 0 Å². The van der Waals surface area contributed by atoms with E-state index in [1.54, 1.807) is 24.3 Å². The van der Waals surface area contributed by atoms with Crippen LogP contribution in [0.15, 0.2) is 33.6 Å². The summed E-state index contributed by atoms with van der Waals surface area (Å²) in [6.45, 7) is 0.445. The number of sulfone groups is 1. The van der Waals surface area contributed by atoms with E-state index in [4.69, 9.17) is 0 Å². The van der Waals surface area contributed by atoms with Gasteiger partial charge in [0.15, 0.2) is 9.84 Å². The van der Waals surface area contributed by atoms with Crippen molar-refractivity contribution in [2.75, 3.05) is 19.3 Å². The number of benzene rings is 1. The highest BCUT2D eigenvalue weighted by Crippen LogP contribution is 2.23. The molecular formula is C15H22BrNO3S. The van der Waals surface area contributed by atoms with Crippen molar-refractivity contribution in [3.05, 3.63) is 28.7 Å². The van der Waals surface area contributed by atoms with Crippen LogP contribution in [0.5, 0.6) is 0 Å². The lowest BCUT2D eigenvalue weighted by molar-refractivity contribution is 0.0349. The first-order chi connectivity index (χ1) is 9.90. The SMILES string of the molecule is CN(CCS(=O)(=O)c1ccc(Br)cc1)C1CCCCC1O. The molecule has 1 fully saturated rings. The van der Waals surface area contributed by atoms with E-state index in [1.165, 1.54) is 0 Å². The molecule has 0 amide bonds. The van der Waals surface area contributed by atoms with Crippen LogP contribution in [0.1, 0.15) is 25.7 Å². The lowest BCUT2D eigenvalue weighted by atomic mass is 9.92. The van der Waals surface area contributed by atoms with Crippen molar-refractivity contribution in [3.8, 4) is 0 Å². The fourth-order valence-corrected chi connectivity index (χ4v) is 4.37. The van der Waals surface area contributed by atoms with Crippen LogP contribution >= 0.6 is 15.9 Å². The van der Waals surface area contributed by atoms with Crippen LogP contribution in [0.25, 0.3) is 0 Å². The minimum absolute atomic E-state index is 0.0777. The zero-order chi connectivity index (χ0) is 15.5. The third kappa shape index (κ3) is 4.52. The molecule has 1 aromatic carbocycles. The molecule has 1 N–H and O–H groups in total. The Kier molecular flexibility index (Phi) is 5.82. The summed E-state index contributed by atoms with van der Waals surface area (Å²) in [6, 6.07) is 6.80. The van der Waals surface area contributed by atoms with Crippen molar-refractivity contribution in [2.45, 2.75) is 42.7 Å². The number of aliphatic hydroxyl groups is 1. The third-order valence-electron chi connectivity index (χ3n) is 4.15. The van der Waals surface area contributed by atoms with Gasteiger partial charge in [0, 0.05) is 17.1 Å². The van der Waals surface area contributed by atoms with Gasteiger partial charge in [0.1, 0.15) is 0 Å². The Morgan fingerprint density at radius 3 is 2.48 bits per heavy atom. The maximum absolute atomic E-state index is 12.3. The van der Waals surface area contributed by atoms with E-state index in [0.717, 1.165) is 30.2 Å². The molecule has 1 aromatic rings. The fourth-order valence-electron chi connectivity index (χ4n) is 2.80. The molecule has 0 spiro atoms. The molecule has 0 aromatic heterocycles. The smallest absolute Gasteiger partial charge is 0.179 e. The molecule has 2 atom stereocenters. The van der Waals surface area contributed by atoms with Crippen LogP contribution in [0, 0.1) is 0 Å². The van der Waals surface area contributed by atoms with Gasteiger partial charge in [-0.25, -0.2) is 8.42 Å². The number of rotatable bonds is 5. The highest BCUT2D eigenvalue weighted by Gasteiger charge is 2.27. The number of halogens is 1. The highest BCUT2D eigenvalue weighted by molar-refractivity contribution is 9.10. The Labute approximate surface area is 135 Å².